The van der Waals surface area contributed by atoms with E-state index in [9.17, 15) is 9.59 Å². The number of amides is 1. The van der Waals surface area contributed by atoms with Gasteiger partial charge < -0.3 is 5.32 Å². The van der Waals surface area contributed by atoms with Gasteiger partial charge in [0.1, 0.15) is 11.9 Å². The Morgan fingerprint density at radius 2 is 1.73 bits per heavy atom. The van der Waals surface area contributed by atoms with E-state index in [2.05, 4.69) is 5.32 Å². The van der Waals surface area contributed by atoms with Crippen LogP contribution in [0.4, 0.5) is 0 Å². The second-order valence-corrected chi connectivity index (χ2v) is 7.10. The molecule has 0 aliphatic carbocycles. The Kier molecular flexibility index (Phi) is 4.07. The molecule has 1 aliphatic rings. The number of hydrogen-bond donors (Lipinski definition) is 1. The third-order valence-corrected chi connectivity index (χ3v) is 4.96. The molecule has 0 bridgehead atoms. The third kappa shape index (κ3) is 2.69. The minimum Gasteiger partial charge on any atom is -0.344 e. The number of carbonyl (C=O) groups excluding carboxylic acids is 1. The van der Waals surface area contributed by atoms with E-state index < -0.39 is 6.04 Å². The molecule has 0 saturated heterocycles. The highest BCUT2D eigenvalue weighted by Gasteiger charge is 2.36. The summed E-state index contributed by atoms with van der Waals surface area (Å²) in [5.74, 6) is 0.652. The maximum atomic E-state index is 13.2. The lowest BCUT2D eigenvalue weighted by Crippen LogP contribution is -2.49. The normalized spacial score (nSPS) is 19.4. The van der Waals surface area contributed by atoms with Crippen LogP contribution in [0.2, 0.25) is 0 Å². The summed E-state index contributed by atoms with van der Waals surface area (Å²) >= 11 is 0. The summed E-state index contributed by atoms with van der Waals surface area (Å²) in [6, 6.07) is 16.2. The molecule has 0 radical (unpaired) electrons. The van der Waals surface area contributed by atoms with E-state index in [1.165, 1.54) is 0 Å². The second-order valence-electron chi connectivity index (χ2n) is 7.10. The zero-order valence-corrected chi connectivity index (χ0v) is 14.8. The Balaban J connectivity index is 1.93. The van der Waals surface area contributed by atoms with Crippen molar-refractivity contribution in [2.75, 3.05) is 0 Å². The summed E-state index contributed by atoms with van der Waals surface area (Å²) < 4.78 is 1.61. The van der Waals surface area contributed by atoms with Crippen molar-refractivity contribution in [3.05, 3.63) is 76.3 Å². The quantitative estimate of drug-likeness (QED) is 0.792. The zero-order chi connectivity index (χ0) is 18.3. The molecule has 2 heterocycles. The number of nitrogens with zero attached hydrogens (tertiary/aromatic N) is 2. The molecule has 1 aliphatic heterocycles. The molecule has 5 heteroatoms. The van der Waals surface area contributed by atoms with Crippen molar-refractivity contribution in [1.82, 2.24) is 14.9 Å². The first kappa shape index (κ1) is 16.5. The first-order valence-electron chi connectivity index (χ1n) is 8.91. The number of aromatic nitrogens is 2. The van der Waals surface area contributed by atoms with E-state index >= 15 is 0 Å². The molecule has 1 N–H and O–H groups in total. The van der Waals surface area contributed by atoms with Crippen LogP contribution in [0.5, 0.6) is 0 Å². The number of para-hydroxylation sites is 1. The largest absolute Gasteiger partial charge is 0.344 e. The van der Waals surface area contributed by atoms with Crippen molar-refractivity contribution in [3.63, 3.8) is 0 Å². The molecule has 0 spiro atoms. The summed E-state index contributed by atoms with van der Waals surface area (Å²) in [7, 11) is 0. The van der Waals surface area contributed by atoms with E-state index in [1.54, 1.807) is 10.6 Å². The Morgan fingerprint density at radius 1 is 1.04 bits per heavy atom. The van der Waals surface area contributed by atoms with Gasteiger partial charge >= 0.3 is 0 Å². The van der Waals surface area contributed by atoms with Gasteiger partial charge in [-0.3, -0.25) is 14.2 Å². The van der Waals surface area contributed by atoms with Gasteiger partial charge in [-0.05, 0) is 23.6 Å². The molecule has 0 unspecified atom stereocenters. The van der Waals surface area contributed by atoms with Crippen LogP contribution in [0.3, 0.4) is 0 Å². The van der Waals surface area contributed by atoms with Gasteiger partial charge in [0.2, 0.25) is 5.91 Å². The number of hydrogen-bond acceptors (Lipinski definition) is 3. The van der Waals surface area contributed by atoms with Crippen LogP contribution < -0.4 is 10.9 Å². The minimum absolute atomic E-state index is 0.126. The molecule has 1 amide bonds. The molecule has 0 fully saturated rings. The molecular formula is C21H21N3O2. The van der Waals surface area contributed by atoms with E-state index in [1.807, 2.05) is 62.4 Å². The van der Waals surface area contributed by atoms with Crippen LogP contribution in [0.1, 0.15) is 37.3 Å². The van der Waals surface area contributed by atoms with Gasteiger partial charge in [-0.1, -0.05) is 56.3 Å². The topological polar surface area (TPSA) is 64.0 Å². The van der Waals surface area contributed by atoms with Crippen molar-refractivity contribution < 1.29 is 4.79 Å². The highest BCUT2D eigenvalue weighted by atomic mass is 16.2. The van der Waals surface area contributed by atoms with Gasteiger partial charge in [0, 0.05) is 6.42 Å². The fraction of sp³-hybridized carbons (Fsp3) is 0.286. The van der Waals surface area contributed by atoms with Crippen LogP contribution >= 0.6 is 0 Å². The fourth-order valence-electron chi connectivity index (χ4n) is 3.60. The SMILES string of the molecule is CC(C)[C@@H]1NC(=O)[C@@H](Cc2ccccc2)n2c1nc1ccccc1c2=O. The summed E-state index contributed by atoms with van der Waals surface area (Å²) in [5, 5.41) is 3.62. The zero-order valence-electron chi connectivity index (χ0n) is 14.8. The van der Waals surface area contributed by atoms with Crippen LogP contribution in [0, 0.1) is 5.92 Å². The van der Waals surface area contributed by atoms with E-state index in [0.717, 1.165) is 5.56 Å². The van der Waals surface area contributed by atoms with Crippen LogP contribution in [0.25, 0.3) is 10.9 Å². The van der Waals surface area contributed by atoms with Crippen LogP contribution in [-0.2, 0) is 11.2 Å². The lowest BCUT2D eigenvalue weighted by molar-refractivity contribution is -0.127. The lowest BCUT2D eigenvalue weighted by Gasteiger charge is -2.34. The summed E-state index contributed by atoms with van der Waals surface area (Å²) in [4.78, 5) is 30.9. The second kappa shape index (κ2) is 6.41. The minimum atomic E-state index is -0.591. The van der Waals surface area contributed by atoms with Crippen LogP contribution in [-0.4, -0.2) is 15.5 Å². The number of rotatable bonds is 3. The Morgan fingerprint density at radius 3 is 2.46 bits per heavy atom. The number of fused-ring (bicyclic) bond motifs is 2. The maximum Gasteiger partial charge on any atom is 0.262 e. The van der Waals surface area contributed by atoms with E-state index in [-0.39, 0.29) is 23.4 Å². The predicted molar refractivity (Wildman–Crippen MR) is 101 cm³/mol. The van der Waals surface area contributed by atoms with Crippen LogP contribution in [0.15, 0.2) is 59.4 Å². The number of benzene rings is 2. The molecule has 132 valence electrons. The van der Waals surface area contributed by atoms with Crippen molar-refractivity contribution >= 4 is 16.8 Å². The fourth-order valence-corrected chi connectivity index (χ4v) is 3.60. The molecule has 3 aromatic rings. The Bertz CT molecular complexity index is 1020. The first-order chi connectivity index (χ1) is 12.6. The van der Waals surface area contributed by atoms with Gasteiger partial charge in [-0.2, -0.15) is 0 Å². The van der Waals surface area contributed by atoms with Gasteiger partial charge in [-0.25, -0.2) is 4.98 Å². The van der Waals surface area contributed by atoms with Gasteiger partial charge in [0.25, 0.3) is 5.56 Å². The third-order valence-electron chi connectivity index (χ3n) is 4.96. The van der Waals surface area contributed by atoms with Crippen molar-refractivity contribution in [2.24, 2.45) is 5.92 Å². The standard InChI is InChI=1S/C21H21N3O2/c1-13(2)18-19-22-16-11-7-6-10-15(16)21(26)24(19)17(20(25)23-18)12-14-8-4-3-5-9-14/h3-11,13,17-18H,12H2,1-2H3,(H,23,25)/t17-,18+/m1/s1. The lowest BCUT2D eigenvalue weighted by atomic mass is 9.96. The van der Waals surface area contributed by atoms with Crippen molar-refractivity contribution in [2.45, 2.75) is 32.4 Å². The summed E-state index contributed by atoms with van der Waals surface area (Å²) in [6.45, 7) is 4.04. The highest BCUT2D eigenvalue weighted by molar-refractivity contribution is 5.84. The molecule has 26 heavy (non-hydrogen) atoms. The highest BCUT2D eigenvalue weighted by Crippen LogP contribution is 2.29. The number of carbonyl (C=O) groups is 1. The molecule has 2 aromatic carbocycles. The molecular weight excluding hydrogens is 326 g/mol. The number of nitrogens with one attached hydrogen (secondary N) is 1. The average molecular weight is 347 g/mol. The molecule has 1 aromatic heterocycles. The predicted octanol–water partition coefficient (Wildman–Crippen LogP) is 3.01. The van der Waals surface area contributed by atoms with Crippen molar-refractivity contribution in [1.29, 1.82) is 0 Å². The maximum absolute atomic E-state index is 13.2. The monoisotopic (exact) mass is 347 g/mol. The van der Waals surface area contributed by atoms with Gasteiger partial charge in [0.15, 0.2) is 0 Å². The van der Waals surface area contributed by atoms with Gasteiger partial charge in [0.05, 0.1) is 16.9 Å². The Labute approximate surface area is 151 Å². The molecule has 0 saturated carbocycles. The van der Waals surface area contributed by atoms with E-state index in [0.29, 0.717) is 23.1 Å². The van der Waals surface area contributed by atoms with E-state index in [4.69, 9.17) is 4.98 Å². The van der Waals surface area contributed by atoms with Gasteiger partial charge in [-0.15, -0.1) is 0 Å². The first-order valence-corrected chi connectivity index (χ1v) is 8.91. The van der Waals surface area contributed by atoms with Crippen molar-refractivity contribution in [3.8, 4) is 0 Å². The summed E-state index contributed by atoms with van der Waals surface area (Å²) in [6.07, 6.45) is 0.463. The average Bonchev–Trinajstić information content (AvgIpc) is 2.64. The molecule has 2 atom stereocenters. The smallest absolute Gasteiger partial charge is 0.262 e. The molecule has 4 rings (SSSR count). The Hall–Kier alpha value is -2.95. The molecule has 5 nitrogen and oxygen atoms in total. The summed E-state index contributed by atoms with van der Waals surface area (Å²) in [5.41, 5.74) is 1.54.